The van der Waals surface area contributed by atoms with Crippen molar-refractivity contribution in [1.29, 1.82) is 0 Å². The molecule has 3 aromatic carbocycles. The fourth-order valence-electron chi connectivity index (χ4n) is 3.19. The van der Waals surface area contributed by atoms with Crippen LogP contribution in [-0.2, 0) is 0 Å². The first-order valence-corrected chi connectivity index (χ1v) is 10.6. The van der Waals surface area contributed by atoms with Gasteiger partial charge in [0.05, 0.1) is 6.16 Å². The minimum atomic E-state index is -1.62. The molecule has 124 valence electrons. The van der Waals surface area contributed by atoms with Gasteiger partial charge in [-0.2, -0.15) is 12.6 Å². The Morgan fingerprint density at radius 3 is 1.21 bits per heavy atom. The van der Waals surface area contributed by atoms with Gasteiger partial charge in [-0.3, -0.25) is 0 Å². The third-order valence-corrected chi connectivity index (χ3v) is 9.08. The maximum absolute atomic E-state index is 4.49. The Kier molecular flexibility index (Phi) is 7.55. The van der Waals surface area contributed by atoms with E-state index in [1.807, 2.05) is 0 Å². The van der Waals surface area contributed by atoms with E-state index in [2.05, 4.69) is 104 Å². The van der Waals surface area contributed by atoms with Crippen molar-refractivity contribution in [3.63, 3.8) is 0 Å². The molecule has 0 N–H and O–H groups in total. The Bertz CT molecular complexity index is 620. The lowest BCUT2D eigenvalue weighted by molar-refractivity contribution is -0.00000437. The van der Waals surface area contributed by atoms with Crippen molar-refractivity contribution < 1.29 is 17.0 Å². The van der Waals surface area contributed by atoms with Crippen LogP contribution in [0.15, 0.2) is 91.0 Å². The van der Waals surface area contributed by atoms with Crippen LogP contribution in [0.25, 0.3) is 0 Å². The molecule has 0 aromatic heterocycles. The lowest BCUT2D eigenvalue weighted by Crippen LogP contribution is -3.00. The summed E-state index contributed by atoms with van der Waals surface area (Å²) in [5.74, 6) is 0.925. The third-order valence-electron chi connectivity index (χ3n) is 4.24. The van der Waals surface area contributed by atoms with Crippen molar-refractivity contribution in [2.45, 2.75) is 6.42 Å². The second-order valence-electron chi connectivity index (χ2n) is 5.62. The summed E-state index contributed by atoms with van der Waals surface area (Å²) in [6, 6.07) is 33.1. The van der Waals surface area contributed by atoms with E-state index >= 15 is 0 Å². The van der Waals surface area contributed by atoms with Crippen LogP contribution in [-0.4, -0.2) is 11.9 Å². The molecule has 0 aliphatic rings. The van der Waals surface area contributed by atoms with Gasteiger partial charge in [-0.15, -0.1) is 0 Å². The SMILES string of the molecule is SCCC[P+](c1ccccc1)(c1ccccc1)c1ccccc1.[Br-]. The summed E-state index contributed by atoms with van der Waals surface area (Å²) < 4.78 is 0. The molecule has 0 amide bonds. The number of hydrogen-bond donors (Lipinski definition) is 1. The van der Waals surface area contributed by atoms with Gasteiger partial charge < -0.3 is 17.0 Å². The molecule has 0 heterocycles. The van der Waals surface area contributed by atoms with Crippen molar-refractivity contribution in [1.82, 2.24) is 0 Å². The average molecular weight is 417 g/mol. The maximum Gasteiger partial charge on any atom is 0.112 e. The zero-order chi connectivity index (χ0) is 16.0. The van der Waals surface area contributed by atoms with Gasteiger partial charge in [0.25, 0.3) is 0 Å². The van der Waals surface area contributed by atoms with Gasteiger partial charge in [-0.25, -0.2) is 0 Å². The number of thiol groups is 1. The van der Waals surface area contributed by atoms with Crippen molar-refractivity contribution in [3.8, 4) is 0 Å². The Morgan fingerprint density at radius 2 is 0.917 bits per heavy atom. The van der Waals surface area contributed by atoms with Crippen molar-refractivity contribution in [2.75, 3.05) is 11.9 Å². The van der Waals surface area contributed by atoms with E-state index in [9.17, 15) is 0 Å². The van der Waals surface area contributed by atoms with Crippen LogP contribution in [0, 0.1) is 0 Å². The van der Waals surface area contributed by atoms with E-state index in [1.165, 1.54) is 15.9 Å². The van der Waals surface area contributed by atoms with E-state index < -0.39 is 7.26 Å². The summed E-state index contributed by atoms with van der Waals surface area (Å²) in [6.45, 7) is 0. The predicted octanol–water partition coefficient (Wildman–Crippen LogP) is 1.30. The first kappa shape index (κ1) is 19.2. The number of benzene rings is 3. The van der Waals surface area contributed by atoms with Crippen LogP contribution in [0.2, 0.25) is 0 Å². The van der Waals surface area contributed by atoms with Gasteiger partial charge in [0.1, 0.15) is 23.2 Å². The topological polar surface area (TPSA) is 0 Å². The summed E-state index contributed by atoms with van der Waals surface area (Å²) in [4.78, 5) is 0. The first-order chi connectivity index (χ1) is 11.4. The van der Waals surface area contributed by atoms with E-state index in [1.54, 1.807) is 0 Å². The second kappa shape index (κ2) is 9.42. The molecule has 3 aromatic rings. The minimum Gasteiger partial charge on any atom is -1.00 e. The monoisotopic (exact) mass is 416 g/mol. The lowest BCUT2D eigenvalue weighted by atomic mass is 10.4. The molecule has 24 heavy (non-hydrogen) atoms. The smallest absolute Gasteiger partial charge is 0.112 e. The van der Waals surface area contributed by atoms with Crippen molar-refractivity contribution >= 4 is 35.8 Å². The number of hydrogen-bond acceptors (Lipinski definition) is 1. The third kappa shape index (κ3) is 3.94. The Hall–Kier alpha value is -1.08. The molecule has 0 saturated carbocycles. The highest BCUT2D eigenvalue weighted by Gasteiger charge is 2.44. The highest BCUT2D eigenvalue weighted by molar-refractivity contribution is 7.95. The quantitative estimate of drug-likeness (QED) is 0.454. The molecule has 0 fully saturated rings. The fourth-order valence-corrected chi connectivity index (χ4v) is 7.94. The Balaban J connectivity index is 0.00000208. The highest BCUT2D eigenvalue weighted by atomic mass is 79.9. The van der Waals surface area contributed by atoms with Gasteiger partial charge in [0.15, 0.2) is 0 Å². The van der Waals surface area contributed by atoms with Crippen LogP contribution < -0.4 is 32.9 Å². The van der Waals surface area contributed by atoms with Crippen LogP contribution >= 0.6 is 19.9 Å². The highest BCUT2D eigenvalue weighted by Crippen LogP contribution is 2.55. The van der Waals surface area contributed by atoms with E-state index in [-0.39, 0.29) is 17.0 Å². The van der Waals surface area contributed by atoms with E-state index in [0.29, 0.717) is 0 Å². The largest absolute Gasteiger partial charge is 1.00 e. The van der Waals surface area contributed by atoms with E-state index in [4.69, 9.17) is 0 Å². The summed E-state index contributed by atoms with van der Waals surface area (Å²) in [5.41, 5.74) is 0. The molecule has 0 nitrogen and oxygen atoms in total. The fraction of sp³-hybridized carbons (Fsp3) is 0.143. The van der Waals surface area contributed by atoms with Gasteiger partial charge in [0.2, 0.25) is 0 Å². The first-order valence-electron chi connectivity index (χ1n) is 8.04. The molecular weight excluding hydrogens is 395 g/mol. The predicted molar refractivity (Wildman–Crippen MR) is 108 cm³/mol. The number of halogens is 1. The van der Waals surface area contributed by atoms with Crippen LogP contribution in [0.4, 0.5) is 0 Å². The van der Waals surface area contributed by atoms with Gasteiger partial charge >= 0.3 is 0 Å². The van der Waals surface area contributed by atoms with Crippen molar-refractivity contribution in [3.05, 3.63) is 91.0 Å². The summed E-state index contributed by atoms with van der Waals surface area (Å²) in [6.07, 6.45) is 2.28. The molecule has 0 spiro atoms. The average Bonchev–Trinajstić information content (AvgIpc) is 2.65. The summed E-state index contributed by atoms with van der Waals surface area (Å²) in [5, 5.41) is 4.37. The molecular formula is C21H22BrPS. The number of rotatable bonds is 6. The summed E-state index contributed by atoms with van der Waals surface area (Å²) >= 11 is 4.49. The van der Waals surface area contributed by atoms with E-state index in [0.717, 1.165) is 18.3 Å². The van der Waals surface area contributed by atoms with Crippen LogP contribution in [0.1, 0.15) is 6.42 Å². The van der Waals surface area contributed by atoms with Crippen molar-refractivity contribution in [2.24, 2.45) is 0 Å². The standard InChI is InChI=1S/C21H21PS.BrH/c23-18-10-17-22(19-11-4-1-5-12-19,20-13-6-2-7-14-20)21-15-8-3-9-16-21;/h1-9,11-16H,10,17-18H2;1H. The van der Waals surface area contributed by atoms with Crippen LogP contribution in [0.5, 0.6) is 0 Å². The zero-order valence-electron chi connectivity index (χ0n) is 13.6. The lowest BCUT2D eigenvalue weighted by Gasteiger charge is -2.27. The molecule has 0 saturated heterocycles. The summed E-state index contributed by atoms with van der Waals surface area (Å²) in [7, 11) is -1.62. The molecule has 0 aliphatic heterocycles. The normalized spacial score (nSPS) is 10.9. The molecule has 0 bridgehead atoms. The molecule has 3 heteroatoms. The molecule has 0 atom stereocenters. The zero-order valence-corrected chi connectivity index (χ0v) is 16.9. The van der Waals surface area contributed by atoms with Gasteiger partial charge in [-0.05, 0) is 48.6 Å². The second-order valence-corrected chi connectivity index (χ2v) is 9.68. The molecule has 3 rings (SSSR count). The Morgan fingerprint density at radius 1 is 0.583 bits per heavy atom. The van der Waals surface area contributed by atoms with Gasteiger partial charge in [0, 0.05) is 0 Å². The Labute approximate surface area is 161 Å². The maximum atomic E-state index is 4.49. The van der Waals surface area contributed by atoms with Gasteiger partial charge in [-0.1, -0.05) is 54.6 Å². The molecule has 0 unspecified atom stereocenters. The minimum absolute atomic E-state index is 0. The molecule has 0 aliphatic carbocycles. The van der Waals surface area contributed by atoms with Crippen LogP contribution in [0.3, 0.4) is 0 Å². The molecule has 0 radical (unpaired) electrons.